The molecule has 1 aromatic carbocycles. The summed E-state index contributed by atoms with van der Waals surface area (Å²) < 4.78 is 11.2. The van der Waals surface area contributed by atoms with Gasteiger partial charge in [-0.1, -0.05) is 65.0 Å². The van der Waals surface area contributed by atoms with E-state index >= 15 is 0 Å². The topological polar surface area (TPSA) is 117 Å². The number of piperidine rings is 1. The number of morpholine rings is 1. The molecule has 4 rings (SSSR count). The summed E-state index contributed by atoms with van der Waals surface area (Å²) in [4.78, 5) is 56.5. The number of nitrogens with zero attached hydrogens (tertiary/aromatic N) is 5. The minimum absolute atomic E-state index is 0.0263. The van der Waals surface area contributed by atoms with Crippen LogP contribution in [0.2, 0.25) is 0 Å². The van der Waals surface area contributed by atoms with Gasteiger partial charge in [-0.05, 0) is 38.7 Å². The van der Waals surface area contributed by atoms with E-state index in [9.17, 15) is 14.4 Å². The van der Waals surface area contributed by atoms with Gasteiger partial charge in [0.25, 0.3) is 5.91 Å². The molecule has 2 fully saturated rings. The van der Waals surface area contributed by atoms with Crippen LogP contribution in [-0.4, -0.2) is 100 Å². The molecular weight excluding hydrogens is 584 g/mol. The molecule has 46 heavy (non-hydrogen) atoms. The summed E-state index contributed by atoms with van der Waals surface area (Å²) in [6.45, 7) is 19.1. The Labute approximate surface area is 274 Å². The van der Waals surface area contributed by atoms with Gasteiger partial charge < -0.3 is 29.5 Å². The SMILES string of the molecule is CC(C)CN(C(=O)c1cnc(C(C)(C)C)nc1NCc1ccccc1)C1C[C@@H](C(=O)N2CCOCC2)CN(C(=O)OC(C)(C)C)C1. The Morgan fingerprint density at radius 3 is 2.30 bits per heavy atom. The molecule has 2 atom stereocenters. The minimum atomic E-state index is -0.702. The number of rotatable bonds is 8. The fourth-order valence-corrected chi connectivity index (χ4v) is 5.76. The Hall–Kier alpha value is -3.73. The van der Waals surface area contributed by atoms with Gasteiger partial charge in [0.2, 0.25) is 5.91 Å². The van der Waals surface area contributed by atoms with Crippen LogP contribution >= 0.6 is 0 Å². The normalized spacial score (nSPS) is 19.2. The lowest BCUT2D eigenvalue weighted by atomic mass is 9.91. The zero-order valence-electron chi connectivity index (χ0n) is 28.8. The van der Waals surface area contributed by atoms with Crippen molar-refractivity contribution in [1.29, 1.82) is 0 Å². The number of carbonyl (C=O) groups excluding carboxylic acids is 3. The lowest BCUT2D eigenvalue weighted by Crippen LogP contribution is -2.58. The first kappa shape index (κ1) is 35.1. The summed E-state index contributed by atoms with van der Waals surface area (Å²) in [5.41, 5.74) is 0.384. The number of nitrogens with one attached hydrogen (secondary N) is 1. The summed E-state index contributed by atoms with van der Waals surface area (Å²) in [5, 5.41) is 3.40. The van der Waals surface area contributed by atoms with Gasteiger partial charge >= 0.3 is 6.09 Å². The van der Waals surface area contributed by atoms with E-state index in [2.05, 4.69) is 24.1 Å². The Morgan fingerprint density at radius 1 is 1.02 bits per heavy atom. The quantitative estimate of drug-likeness (QED) is 0.432. The third-order valence-electron chi connectivity index (χ3n) is 8.01. The molecule has 2 saturated heterocycles. The molecule has 3 amide bonds. The van der Waals surface area contributed by atoms with Crippen LogP contribution in [0.1, 0.15) is 83.6 Å². The Kier molecular flexibility index (Phi) is 11.3. The summed E-state index contributed by atoms with van der Waals surface area (Å²) >= 11 is 0. The Bertz CT molecular complexity index is 1350. The number of carbonyl (C=O) groups is 3. The van der Waals surface area contributed by atoms with Crippen LogP contribution in [0.5, 0.6) is 0 Å². The van der Waals surface area contributed by atoms with E-state index < -0.39 is 23.7 Å². The number of ether oxygens (including phenoxy) is 2. The van der Waals surface area contributed by atoms with Gasteiger partial charge in [0.1, 0.15) is 22.8 Å². The van der Waals surface area contributed by atoms with Crippen molar-refractivity contribution in [2.24, 2.45) is 11.8 Å². The highest BCUT2D eigenvalue weighted by molar-refractivity contribution is 5.98. The molecule has 11 heteroatoms. The molecule has 252 valence electrons. The number of amides is 3. The first-order valence-electron chi connectivity index (χ1n) is 16.4. The van der Waals surface area contributed by atoms with Crippen LogP contribution in [-0.2, 0) is 26.2 Å². The van der Waals surface area contributed by atoms with Crippen LogP contribution in [0.15, 0.2) is 36.5 Å². The molecule has 1 N–H and O–H groups in total. The summed E-state index contributed by atoms with van der Waals surface area (Å²) in [6.07, 6.45) is 1.56. The molecule has 11 nitrogen and oxygen atoms in total. The molecular formula is C35H52N6O5. The predicted octanol–water partition coefficient (Wildman–Crippen LogP) is 4.97. The zero-order valence-corrected chi connectivity index (χ0v) is 28.8. The van der Waals surface area contributed by atoms with E-state index in [4.69, 9.17) is 14.5 Å². The second-order valence-electron chi connectivity index (χ2n) is 14.8. The number of hydrogen-bond donors (Lipinski definition) is 1. The van der Waals surface area contributed by atoms with Gasteiger partial charge in [0.15, 0.2) is 0 Å². The molecule has 0 radical (unpaired) electrons. The molecule has 0 bridgehead atoms. The third kappa shape index (κ3) is 9.40. The van der Waals surface area contributed by atoms with Crippen LogP contribution in [0.25, 0.3) is 0 Å². The second-order valence-corrected chi connectivity index (χ2v) is 14.8. The summed E-state index contributed by atoms with van der Waals surface area (Å²) in [7, 11) is 0. The van der Waals surface area contributed by atoms with Crippen molar-refractivity contribution in [1.82, 2.24) is 24.7 Å². The first-order chi connectivity index (χ1) is 21.6. The monoisotopic (exact) mass is 636 g/mol. The third-order valence-corrected chi connectivity index (χ3v) is 8.01. The van der Waals surface area contributed by atoms with Crippen LogP contribution in [0.4, 0.5) is 10.6 Å². The largest absolute Gasteiger partial charge is 0.444 e. The number of hydrogen-bond acceptors (Lipinski definition) is 8. The Balaban J connectivity index is 1.69. The van der Waals surface area contributed by atoms with Gasteiger partial charge in [0, 0.05) is 50.9 Å². The van der Waals surface area contributed by atoms with Crippen molar-refractivity contribution in [3.05, 3.63) is 53.5 Å². The number of anilines is 1. The highest BCUT2D eigenvalue weighted by Crippen LogP contribution is 2.29. The molecule has 2 aliphatic heterocycles. The number of aromatic nitrogens is 2. The van der Waals surface area contributed by atoms with E-state index in [1.54, 1.807) is 11.1 Å². The predicted molar refractivity (Wildman–Crippen MR) is 177 cm³/mol. The molecule has 0 saturated carbocycles. The maximum Gasteiger partial charge on any atom is 0.410 e. The van der Waals surface area contributed by atoms with Gasteiger partial charge in [-0.15, -0.1) is 0 Å². The lowest BCUT2D eigenvalue weighted by Gasteiger charge is -2.44. The molecule has 2 aromatic rings. The lowest BCUT2D eigenvalue weighted by molar-refractivity contribution is -0.142. The van der Waals surface area contributed by atoms with E-state index in [1.165, 1.54) is 0 Å². The maximum absolute atomic E-state index is 14.6. The average molecular weight is 637 g/mol. The molecule has 0 aliphatic carbocycles. The van der Waals surface area contributed by atoms with Gasteiger partial charge in [-0.3, -0.25) is 9.59 Å². The highest BCUT2D eigenvalue weighted by atomic mass is 16.6. The number of likely N-dealkylation sites (tertiary alicyclic amines) is 1. The van der Waals surface area contributed by atoms with Crippen LogP contribution in [0, 0.1) is 11.8 Å². The molecule has 0 spiro atoms. The van der Waals surface area contributed by atoms with Crippen LogP contribution < -0.4 is 5.32 Å². The standard InChI is InChI=1S/C35H52N6O5/c1-24(2)21-41(31(43)28-20-37-32(34(3,4)5)38-29(28)36-19-25-12-10-9-11-13-25)27-18-26(30(42)39-14-16-45-17-15-39)22-40(23-27)33(44)46-35(6,7)8/h9-13,20,24,26-27H,14-19,21-23H2,1-8H3,(H,36,37,38)/t26-,27?/m1/s1. The van der Waals surface area contributed by atoms with Gasteiger partial charge in [0.05, 0.1) is 25.2 Å². The van der Waals surface area contributed by atoms with Crippen molar-refractivity contribution in [3.63, 3.8) is 0 Å². The average Bonchev–Trinajstić information content (AvgIpc) is 3.01. The van der Waals surface area contributed by atoms with Gasteiger partial charge in [-0.2, -0.15) is 0 Å². The van der Waals surface area contributed by atoms with Crippen molar-refractivity contribution in [2.45, 2.75) is 85.4 Å². The van der Waals surface area contributed by atoms with Crippen molar-refractivity contribution >= 4 is 23.7 Å². The van der Waals surface area contributed by atoms with E-state index in [1.807, 2.05) is 81.7 Å². The molecule has 1 unspecified atom stereocenters. The molecule has 3 heterocycles. The second kappa shape index (κ2) is 14.8. The van der Waals surface area contributed by atoms with E-state index in [0.717, 1.165) is 5.56 Å². The van der Waals surface area contributed by atoms with Gasteiger partial charge in [-0.25, -0.2) is 14.8 Å². The maximum atomic E-state index is 14.6. The smallest absolute Gasteiger partial charge is 0.410 e. The fraction of sp³-hybridized carbons (Fsp3) is 0.629. The van der Waals surface area contributed by atoms with E-state index in [-0.39, 0.29) is 36.2 Å². The van der Waals surface area contributed by atoms with Crippen molar-refractivity contribution in [2.75, 3.05) is 51.3 Å². The zero-order chi connectivity index (χ0) is 33.6. The van der Waals surface area contributed by atoms with E-state index in [0.29, 0.717) is 63.0 Å². The highest BCUT2D eigenvalue weighted by Gasteiger charge is 2.41. The number of benzene rings is 1. The molecule has 1 aromatic heterocycles. The van der Waals surface area contributed by atoms with Crippen molar-refractivity contribution < 1.29 is 23.9 Å². The summed E-state index contributed by atoms with van der Waals surface area (Å²) in [6, 6.07) is 9.53. The Morgan fingerprint density at radius 2 is 1.70 bits per heavy atom. The fourth-order valence-electron chi connectivity index (χ4n) is 5.76. The minimum Gasteiger partial charge on any atom is -0.444 e. The summed E-state index contributed by atoms with van der Waals surface area (Å²) in [5.74, 6) is 0.468. The molecule has 2 aliphatic rings. The first-order valence-corrected chi connectivity index (χ1v) is 16.4. The van der Waals surface area contributed by atoms with Crippen molar-refractivity contribution in [3.8, 4) is 0 Å². The van der Waals surface area contributed by atoms with Crippen LogP contribution in [0.3, 0.4) is 0 Å².